The molecule has 0 radical (unpaired) electrons. The van der Waals surface area contributed by atoms with Gasteiger partial charge in [-0.3, -0.25) is 9.36 Å². The second-order valence-electron chi connectivity index (χ2n) is 26.3. The van der Waals surface area contributed by atoms with Gasteiger partial charge in [0.2, 0.25) is 0 Å². The smallest absolute Gasteiger partial charge is 0.189 e. The molecule has 836 valence electrons. The first-order valence-corrected chi connectivity index (χ1v) is 213. The van der Waals surface area contributed by atoms with E-state index in [0.717, 1.165) is 30.1 Å². The summed E-state index contributed by atoms with van der Waals surface area (Å²) >= 11 is 11.7. The number of pyridine rings is 2. The highest BCUT2D eigenvalue weighted by Gasteiger charge is 2.62. The van der Waals surface area contributed by atoms with Crippen molar-refractivity contribution < 1.29 is 9.84 Å². The minimum atomic E-state index is -0.190. The molecule has 57 unspecified atom stereocenters. The van der Waals surface area contributed by atoms with E-state index in [1.54, 1.807) is 84.4 Å². The largest absolute Gasteiger partial charge is 0.504 e. The molecule has 8 rings (SSSR count). The molecule has 0 fully saturated rings. The van der Waals surface area contributed by atoms with Crippen LogP contribution in [-0.4, -0.2) is 61.7 Å². The van der Waals surface area contributed by atoms with Gasteiger partial charge >= 0.3 is 0 Å². The zero-order chi connectivity index (χ0) is 113. The first-order valence-electron chi connectivity index (χ1n) is 37.0. The number of aryl methyl sites for hydroxylation is 2. The SMILES string of the molecule is PP(P)P(P)P(P(P)P)P(P(P(P)P)P(P)P)P(P(P(P(P)P)P(P)P)P(P(P)P)P(P)P)P(P(P(P)P)P(P)P)P(P(P)P)P(P)P.PPP(P(P)P)P(P(P)P)P(P(P(P)P)P(P)P)P(P(P(P(P)P)P(P)P)P(P(P)P)P(P)P)P(P(P(P)P)P(P)P)P(P(P)P)P(P)P.[C-]#[N+]c1ccc2nc(-c3c(O)c(-c4ccc(Cl)nc4)nn3C)[nH]c2c1.[C-]#[N+]c1ccc2nc(-c3c(OC)c(-c4ccc(Cl)nc4)nn3C)[nH]c2c1. The second-order valence-corrected chi connectivity index (χ2v) is 423. The van der Waals surface area contributed by atoms with Gasteiger partial charge in [-0.2, -0.15) is 10.2 Å². The lowest BCUT2D eigenvalue weighted by Gasteiger charge is -2.58. The van der Waals surface area contributed by atoms with E-state index in [0.29, 0.717) is 72.9 Å². The molecule has 0 bridgehead atoms. The Balaban J connectivity index is 0.000000360. The van der Waals surface area contributed by atoms with Crippen molar-refractivity contribution in [2.24, 2.45) is 14.1 Å². The van der Waals surface area contributed by atoms with Gasteiger partial charge in [-0.25, -0.2) is 29.6 Å². The summed E-state index contributed by atoms with van der Waals surface area (Å²) in [5.74, 6) is 1.66. The van der Waals surface area contributed by atoms with Crippen molar-refractivity contribution in [3.8, 4) is 57.1 Å². The fourth-order valence-corrected chi connectivity index (χ4v) is 1370. The maximum atomic E-state index is 10.7. The number of aromatic nitrogens is 10. The van der Waals surface area contributed by atoms with E-state index in [-0.39, 0.29) is 327 Å². The summed E-state index contributed by atoms with van der Waals surface area (Å²) in [5, 5.41) is 20.4. The molecular weight excluding hydrogens is 3700 g/mol. The first kappa shape index (κ1) is 173. The summed E-state index contributed by atoms with van der Waals surface area (Å²) < 4.78 is 8.88. The molecule has 3 N–H and O–H groups in total. The van der Waals surface area contributed by atoms with E-state index in [1.165, 1.54) is 0 Å². The van der Waals surface area contributed by atoms with Crippen LogP contribution in [0.2, 0.25) is 10.3 Å². The third-order valence-electron chi connectivity index (χ3n) is 16.2. The Bertz CT molecular complexity index is 5120. The number of rotatable bonds is 50. The molecule has 0 amide bonds. The van der Waals surface area contributed by atoms with Crippen LogP contribution >= 0.6 is 799 Å². The summed E-state index contributed by atoms with van der Waals surface area (Å²) in [7, 11) is 179. The monoisotopic (exact) mass is 3820 g/mol. The van der Waals surface area contributed by atoms with E-state index in [1.807, 2.05) is 19.2 Å². The lowest BCUT2D eigenvalue weighted by atomic mass is 10.2. The molecule has 6 aromatic heterocycles. The van der Waals surface area contributed by atoms with Gasteiger partial charge in [0.05, 0.1) is 42.3 Å². The van der Waals surface area contributed by atoms with Gasteiger partial charge in [-0.15, -0.1) is 446 Å². The third-order valence-corrected chi connectivity index (χ3v) is 684. The van der Waals surface area contributed by atoms with Gasteiger partial charge < -0.3 is 19.8 Å². The van der Waals surface area contributed by atoms with Crippen molar-refractivity contribution in [1.82, 2.24) is 49.5 Å². The van der Waals surface area contributed by atoms with Crippen molar-refractivity contribution >= 4 is 832 Å². The van der Waals surface area contributed by atoms with E-state index in [2.05, 4.69) is 496 Å². The number of hydrogen-bond acceptors (Lipinski definition) is 8. The van der Waals surface area contributed by atoms with Crippen molar-refractivity contribution in [2.45, 2.75) is 0 Å². The van der Waals surface area contributed by atoms with Gasteiger partial charge in [0.15, 0.2) is 34.5 Å². The number of aromatic amines is 2. The topological polar surface area (TPSA) is 157 Å². The molecule has 57 atom stereocenters. The molecule has 2 aromatic carbocycles. The van der Waals surface area contributed by atoms with Crippen LogP contribution < -0.4 is 4.74 Å². The number of aromatic hydroxyl groups is 1. The number of nitrogens with zero attached hydrogens (tertiary/aromatic N) is 10. The first-order chi connectivity index (χ1) is 68.7. The van der Waals surface area contributed by atoms with Crippen LogP contribution in [0.15, 0.2) is 73.1 Å². The van der Waals surface area contributed by atoms with E-state index in [9.17, 15) is 5.11 Å². The minimum absolute atomic E-state index is 0.00363. The fraction of sp³-hybridized carbons (Fsp3) is 0.0857. The quantitative estimate of drug-likeness (QED) is 0.0193. The Labute approximate surface area is 1060 Å². The molecule has 0 saturated carbocycles. The molecule has 113 heteroatoms. The zero-order valence-electron chi connectivity index (χ0n) is 77.0. The standard InChI is InChI=1S/C18H13ClN6O.C17H11ClN6O.H51P49.H50P48/c1-20-11-5-6-12-13(8-11)23-18(22-12)16-17(26-3)15(24-25(16)2)10-4-7-14(19)21-9-10;1-19-10-4-5-11-12(7-10)22-17(21-11)15-16(25)14(23-24(15)2)9-3-6-13(18)20-8-9;1-26-39(27(2)3)45(38(24)25)48(44(36(20)21)37(22)23)49(46(40(28(4)5)29(6)7)41(30(8)9)31(10)11)47(42(32(12)13)33(14)15)43(34(16)17)35(18)19;1-26(2)38(25)44(37(23)24)47(43(35(19)20)36(21)22)48(45(39(27(3)4)28(5)6)40(29(7)8)30(9)10)46(41(31(11)12)32(13)14)42(33(15)16)34(17)18/h4-9H,2-3H3,(H,22,23);3-8,25H,2H3,(H,21,22);26H,1-25H2;1-25H2. The van der Waals surface area contributed by atoms with Crippen LogP contribution in [-0.2, 0) is 14.1 Å². The number of H-pyrrole nitrogens is 2. The van der Waals surface area contributed by atoms with Gasteiger partial charge in [0, 0.05) is 37.6 Å². The zero-order valence-corrected chi connectivity index (χ0v) is 178. The Morgan fingerprint density at radius 1 is 0.311 bits per heavy atom. The number of imidazole rings is 2. The van der Waals surface area contributed by atoms with Crippen molar-refractivity contribution in [1.29, 1.82) is 0 Å². The van der Waals surface area contributed by atoms with Gasteiger partial charge in [-0.1, -0.05) is 43.3 Å². The van der Waals surface area contributed by atoms with Gasteiger partial charge in [-0.05, 0) is 370 Å². The molecule has 8 aromatic rings. The number of halogens is 2. The Morgan fingerprint density at radius 3 is 0.777 bits per heavy atom. The molecule has 0 spiro atoms. The Kier molecular flexibility index (Phi) is 106. The molecule has 0 aliphatic heterocycles. The molecule has 14 nitrogen and oxygen atoms in total. The molecule has 6 heterocycles. The lowest BCUT2D eigenvalue weighted by molar-refractivity contribution is 0.417. The van der Waals surface area contributed by atoms with Crippen LogP contribution in [0.3, 0.4) is 0 Å². The summed E-state index contributed by atoms with van der Waals surface area (Å²) in [4.78, 5) is 30.4. The minimum Gasteiger partial charge on any atom is -0.504 e. The predicted octanol–water partition coefficient (Wildman–Crippen LogP) is 64.7. The maximum Gasteiger partial charge on any atom is 0.189 e. The highest BCUT2D eigenvalue weighted by molar-refractivity contribution is 9.54. The summed E-state index contributed by atoms with van der Waals surface area (Å²) in [6.07, 6.45) is 3.20. The van der Waals surface area contributed by atoms with Crippen LogP contribution in [0.25, 0.3) is 77.3 Å². The number of methoxy groups -OCH3 is 1. The summed E-state index contributed by atoms with van der Waals surface area (Å²) in [5.41, 5.74) is 7.69. The number of hydrogen-bond donors (Lipinski definition) is 3. The highest BCUT2D eigenvalue weighted by atomic mass is 35.5. The average molecular weight is 3820 g/mol. The average Bonchev–Trinajstić information content (AvgIpc) is 1.10. The number of ether oxygens (including phenoxy) is 1. The molecule has 0 saturated heterocycles. The maximum absolute atomic E-state index is 10.7. The highest BCUT2D eigenvalue weighted by Crippen LogP contribution is 3.49. The normalized spacial score (nSPS) is 14.4. The summed E-state index contributed by atoms with van der Waals surface area (Å²) in [6, 6.07) is 17.4. The second kappa shape index (κ2) is 90.3. The fourth-order valence-electron chi connectivity index (χ4n) is 11.1. The summed E-state index contributed by atoms with van der Waals surface area (Å²) in [6.45, 7) is 7.39. The molecule has 0 aliphatic rings. The van der Waals surface area contributed by atoms with Gasteiger partial charge in [0.25, 0.3) is 0 Å². The van der Waals surface area contributed by atoms with Crippen LogP contribution in [0.4, 0.5) is 11.4 Å². The Morgan fingerprint density at radius 2 is 0.547 bits per heavy atom. The molecular formula is C35H125Cl2N12O2P97. The van der Waals surface area contributed by atoms with Crippen LogP contribution in [0.1, 0.15) is 0 Å². The number of nitrogens with one attached hydrogen (secondary N) is 2. The predicted molar refractivity (Wildman–Crippen MR) is 1010 cm³/mol. The van der Waals surface area contributed by atoms with Crippen molar-refractivity contribution in [3.05, 3.63) is 106 Å². The van der Waals surface area contributed by atoms with Gasteiger partial charge in [0.1, 0.15) is 33.1 Å². The van der Waals surface area contributed by atoms with Crippen molar-refractivity contribution in [3.63, 3.8) is 0 Å². The van der Waals surface area contributed by atoms with E-state index >= 15 is 0 Å². The number of benzene rings is 2. The van der Waals surface area contributed by atoms with Crippen molar-refractivity contribution in [2.75, 3.05) is 7.11 Å². The molecule has 0 aliphatic carbocycles. The Hall–Kier alpha value is 35.0. The van der Waals surface area contributed by atoms with E-state index < -0.39 is 0 Å². The van der Waals surface area contributed by atoms with Crippen LogP contribution in [0, 0.1) is 13.1 Å². The lowest BCUT2D eigenvalue weighted by Crippen LogP contribution is -1.96. The molecule has 148 heavy (non-hydrogen) atoms. The van der Waals surface area contributed by atoms with E-state index in [4.69, 9.17) is 41.1 Å². The van der Waals surface area contributed by atoms with Crippen LogP contribution in [0.5, 0.6) is 11.5 Å². The number of fused-ring (bicyclic) bond motifs is 2. The third kappa shape index (κ3) is 54.2.